The Labute approximate surface area is 181 Å². The molecule has 0 bridgehead atoms. The molecule has 170 valence electrons. The highest BCUT2D eigenvalue weighted by Gasteiger charge is 2.37. The van der Waals surface area contributed by atoms with E-state index in [0.717, 1.165) is 11.0 Å². The largest absolute Gasteiger partial charge is 0.416 e. The fraction of sp³-hybridized carbons (Fsp3) is 0.150. The van der Waals surface area contributed by atoms with Crippen molar-refractivity contribution in [1.82, 2.24) is 29.8 Å². The monoisotopic (exact) mass is 466 g/mol. The summed E-state index contributed by atoms with van der Waals surface area (Å²) in [6.07, 6.45) is -8.98. The Morgan fingerprint density at radius 3 is 2.09 bits per heavy atom. The Kier molecular flexibility index (Phi) is 5.26. The first kappa shape index (κ1) is 22.2. The Balaban J connectivity index is 1.79. The molecule has 2 heterocycles. The van der Waals surface area contributed by atoms with Crippen LogP contribution in [0.3, 0.4) is 0 Å². The summed E-state index contributed by atoms with van der Waals surface area (Å²) in [4.78, 5) is 16.7. The van der Waals surface area contributed by atoms with Crippen molar-refractivity contribution in [2.45, 2.75) is 12.4 Å². The Morgan fingerprint density at radius 2 is 1.52 bits per heavy atom. The second kappa shape index (κ2) is 7.83. The second-order valence-corrected chi connectivity index (χ2v) is 6.89. The minimum absolute atomic E-state index is 0.0160. The fourth-order valence-electron chi connectivity index (χ4n) is 3.06. The Hall–Kier alpha value is -4.03. The van der Waals surface area contributed by atoms with Gasteiger partial charge >= 0.3 is 12.4 Å². The van der Waals surface area contributed by atoms with E-state index in [-0.39, 0.29) is 17.6 Å². The lowest BCUT2D eigenvalue weighted by molar-refractivity contribution is -0.143. The van der Waals surface area contributed by atoms with Crippen LogP contribution in [0.4, 0.5) is 26.3 Å². The van der Waals surface area contributed by atoms with Gasteiger partial charge in [0.1, 0.15) is 6.33 Å². The number of ketones is 1. The molecule has 2 aromatic carbocycles. The number of benzene rings is 2. The lowest BCUT2D eigenvalue weighted by atomic mass is 10.0. The maximum absolute atomic E-state index is 13.2. The standard InChI is InChI=1S/C20H12F6N6O/c1-31-18(15(28-30-31)16(33)11-5-3-2-4-6-11)32-10-27-17(29-32)12-7-13(19(21,22)23)9-14(8-12)20(24,25)26/h2-10H,1H3. The summed E-state index contributed by atoms with van der Waals surface area (Å²) in [6.45, 7) is 0. The molecule has 13 heteroatoms. The molecule has 0 radical (unpaired) electrons. The number of hydrogen-bond acceptors (Lipinski definition) is 5. The van der Waals surface area contributed by atoms with Gasteiger partial charge in [-0.25, -0.2) is 9.67 Å². The first-order valence-electron chi connectivity index (χ1n) is 9.16. The van der Waals surface area contributed by atoms with Gasteiger partial charge in [-0.1, -0.05) is 35.5 Å². The lowest BCUT2D eigenvalue weighted by Gasteiger charge is -2.13. The van der Waals surface area contributed by atoms with Gasteiger partial charge in [-0.15, -0.1) is 10.2 Å². The summed E-state index contributed by atoms with van der Waals surface area (Å²) >= 11 is 0. The maximum Gasteiger partial charge on any atom is 0.416 e. The SMILES string of the molecule is Cn1nnc(C(=O)c2ccccc2)c1-n1cnc(-c2cc(C(F)(F)F)cc(C(F)(F)F)c2)n1. The molecule has 0 aliphatic rings. The average molecular weight is 466 g/mol. The van der Waals surface area contributed by atoms with E-state index in [2.05, 4.69) is 20.4 Å². The van der Waals surface area contributed by atoms with E-state index in [1.54, 1.807) is 30.3 Å². The summed E-state index contributed by atoms with van der Waals surface area (Å²) < 4.78 is 81.2. The van der Waals surface area contributed by atoms with Crippen molar-refractivity contribution in [2.24, 2.45) is 7.05 Å². The lowest BCUT2D eigenvalue weighted by Crippen LogP contribution is -2.12. The molecule has 0 spiro atoms. The molecular formula is C20H12F6N6O. The van der Waals surface area contributed by atoms with Crippen molar-refractivity contribution < 1.29 is 31.1 Å². The molecule has 0 aliphatic carbocycles. The van der Waals surface area contributed by atoms with Gasteiger partial charge in [0, 0.05) is 18.2 Å². The zero-order chi connectivity index (χ0) is 24.0. The smallest absolute Gasteiger partial charge is 0.287 e. The molecule has 7 nitrogen and oxygen atoms in total. The van der Waals surface area contributed by atoms with Crippen molar-refractivity contribution in [2.75, 3.05) is 0 Å². The summed E-state index contributed by atoms with van der Waals surface area (Å²) in [7, 11) is 1.44. The third kappa shape index (κ3) is 4.33. The molecule has 0 fully saturated rings. The Morgan fingerprint density at radius 1 is 0.909 bits per heavy atom. The van der Waals surface area contributed by atoms with E-state index >= 15 is 0 Å². The van der Waals surface area contributed by atoms with Gasteiger partial charge in [0.2, 0.25) is 5.78 Å². The van der Waals surface area contributed by atoms with Crippen LogP contribution in [0.2, 0.25) is 0 Å². The van der Waals surface area contributed by atoms with Gasteiger partial charge < -0.3 is 0 Å². The Bertz CT molecular complexity index is 1290. The van der Waals surface area contributed by atoms with Crippen LogP contribution in [0.1, 0.15) is 27.2 Å². The number of aryl methyl sites for hydroxylation is 1. The van der Waals surface area contributed by atoms with Crippen LogP contribution in [-0.4, -0.2) is 35.5 Å². The van der Waals surface area contributed by atoms with Gasteiger partial charge in [-0.3, -0.25) is 4.79 Å². The zero-order valence-corrected chi connectivity index (χ0v) is 16.6. The third-order valence-corrected chi connectivity index (χ3v) is 4.60. The normalized spacial score (nSPS) is 12.2. The van der Waals surface area contributed by atoms with Gasteiger partial charge in [-0.2, -0.15) is 31.0 Å². The van der Waals surface area contributed by atoms with E-state index < -0.39 is 40.7 Å². The first-order valence-corrected chi connectivity index (χ1v) is 9.16. The highest BCUT2D eigenvalue weighted by atomic mass is 19.4. The van der Waals surface area contributed by atoms with Gasteiger partial charge in [-0.05, 0) is 18.2 Å². The number of nitrogens with zero attached hydrogens (tertiary/aromatic N) is 6. The molecule has 0 saturated carbocycles. The molecule has 2 aromatic heterocycles. The second-order valence-electron chi connectivity index (χ2n) is 6.89. The van der Waals surface area contributed by atoms with Crippen molar-refractivity contribution in [3.63, 3.8) is 0 Å². The number of alkyl halides is 6. The number of hydrogen-bond donors (Lipinski definition) is 0. The van der Waals surface area contributed by atoms with Gasteiger partial charge in [0.05, 0.1) is 11.1 Å². The molecule has 0 amide bonds. The number of halogens is 6. The van der Waals surface area contributed by atoms with E-state index in [9.17, 15) is 31.1 Å². The van der Waals surface area contributed by atoms with Crippen molar-refractivity contribution >= 4 is 5.78 Å². The minimum atomic E-state index is -5.01. The van der Waals surface area contributed by atoms with Crippen molar-refractivity contribution in [1.29, 1.82) is 0 Å². The van der Waals surface area contributed by atoms with Gasteiger partial charge in [0.25, 0.3) is 0 Å². The quantitative estimate of drug-likeness (QED) is 0.331. The maximum atomic E-state index is 13.2. The molecule has 0 unspecified atom stereocenters. The predicted octanol–water partition coefficient (Wildman–Crippen LogP) is 4.33. The third-order valence-electron chi connectivity index (χ3n) is 4.60. The van der Waals surface area contributed by atoms with Crippen LogP contribution in [0.5, 0.6) is 0 Å². The summed E-state index contributed by atoms with van der Waals surface area (Å²) in [5.74, 6) is -0.884. The molecule has 0 saturated heterocycles. The summed E-state index contributed by atoms with van der Waals surface area (Å²) in [5.41, 5.74) is -3.31. The number of carbonyl (C=O) groups excluding carboxylic acids is 1. The van der Waals surface area contributed by atoms with E-state index in [1.807, 2.05) is 0 Å². The van der Waals surface area contributed by atoms with E-state index in [4.69, 9.17) is 0 Å². The molecule has 0 N–H and O–H groups in total. The van der Waals surface area contributed by atoms with Crippen LogP contribution >= 0.6 is 0 Å². The molecule has 0 aliphatic heterocycles. The average Bonchev–Trinajstić information content (AvgIpc) is 3.39. The van der Waals surface area contributed by atoms with Crippen LogP contribution in [0.15, 0.2) is 54.9 Å². The molecule has 4 aromatic rings. The molecule has 0 atom stereocenters. The van der Waals surface area contributed by atoms with E-state index in [1.165, 1.54) is 11.7 Å². The first-order chi connectivity index (χ1) is 15.4. The molecule has 4 rings (SSSR count). The molecular weight excluding hydrogens is 454 g/mol. The number of aromatic nitrogens is 6. The molecule has 33 heavy (non-hydrogen) atoms. The van der Waals surface area contributed by atoms with Gasteiger partial charge in [0.15, 0.2) is 17.3 Å². The highest BCUT2D eigenvalue weighted by Crippen LogP contribution is 2.38. The zero-order valence-electron chi connectivity index (χ0n) is 16.6. The summed E-state index contributed by atoms with van der Waals surface area (Å²) in [6, 6.07) is 9.15. The van der Waals surface area contributed by atoms with E-state index in [0.29, 0.717) is 17.7 Å². The van der Waals surface area contributed by atoms with Crippen LogP contribution in [0, 0.1) is 0 Å². The van der Waals surface area contributed by atoms with Crippen LogP contribution < -0.4 is 0 Å². The summed E-state index contributed by atoms with van der Waals surface area (Å²) in [5, 5.41) is 11.6. The number of rotatable bonds is 4. The van der Waals surface area contributed by atoms with Crippen LogP contribution in [-0.2, 0) is 19.4 Å². The predicted molar refractivity (Wildman–Crippen MR) is 101 cm³/mol. The topological polar surface area (TPSA) is 78.5 Å². The highest BCUT2D eigenvalue weighted by molar-refractivity contribution is 6.09. The fourth-order valence-corrected chi connectivity index (χ4v) is 3.06. The van der Waals surface area contributed by atoms with Crippen LogP contribution in [0.25, 0.3) is 17.2 Å². The van der Waals surface area contributed by atoms with Crippen molar-refractivity contribution in [3.8, 4) is 17.2 Å². The minimum Gasteiger partial charge on any atom is -0.287 e. The van der Waals surface area contributed by atoms with Crippen molar-refractivity contribution in [3.05, 3.63) is 77.2 Å². The number of carbonyl (C=O) groups is 1.